The van der Waals surface area contributed by atoms with E-state index < -0.39 is 0 Å². The summed E-state index contributed by atoms with van der Waals surface area (Å²) in [6, 6.07) is 0. The molecule has 12 heavy (non-hydrogen) atoms. The predicted octanol–water partition coefficient (Wildman–Crippen LogP) is 1.08. The molecule has 1 N–H and O–H groups in total. The Balaban J connectivity index is 2.16. The molecule has 3 nitrogen and oxygen atoms in total. The van der Waals surface area contributed by atoms with Gasteiger partial charge in [-0.1, -0.05) is 5.57 Å². The Bertz CT molecular complexity index is 150. The summed E-state index contributed by atoms with van der Waals surface area (Å²) in [5.41, 5.74) is 0.987. The fourth-order valence-electron chi connectivity index (χ4n) is 1.25. The van der Waals surface area contributed by atoms with Crippen LogP contribution in [0.3, 0.4) is 0 Å². The van der Waals surface area contributed by atoms with Crippen LogP contribution in [0.1, 0.15) is 19.8 Å². The maximum absolute atomic E-state index is 9.46. The van der Waals surface area contributed by atoms with Gasteiger partial charge in [-0.2, -0.15) is 0 Å². The van der Waals surface area contributed by atoms with Gasteiger partial charge in [0, 0.05) is 6.42 Å². The minimum atomic E-state index is -0.384. The first-order chi connectivity index (χ1) is 5.68. The van der Waals surface area contributed by atoms with E-state index in [9.17, 15) is 5.11 Å². The van der Waals surface area contributed by atoms with E-state index in [0.717, 1.165) is 5.57 Å². The topological polar surface area (TPSA) is 38.7 Å². The molecule has 0 aromatic rings. The van der Waals surface area contributed by atoms with Crippen LogP contribution in [0.2, 0.25) is 0 Å². The molecule has 1 rings (SSSR count). The zero-order chi connectivity index (χ0) is 8.97. The van der Waals surface area contributed by atoms with Crippen LogP contribution in [0.15, 0.2) is 12.2 Å². The fourth-order valence-corrected chi connectivity index (χ4v) is 1.25. The molecule has 1 aliphatic rings. The second kappa shape index (κ2) is 4.60. The molecule has 1 fully saturated rings. The van der Waals surface area contributed by atoms with Crippen molar-refractivity contribution in [3.05, 3.63) is 12.2 Å². The average molecular weight is 172 g/mol. The van der Waals surface area contributed by atoms with Crippen LogP contribution < -0.4 is 0 Å². The lowest BCUT2D eigenvalue weighted by molar-refractivity contribution is -0.0697. The predicted molar refractivity (Wildman–Crippen MR) is 45.7 cm³/mol. The molecule has 3 heteroatoms. The van der Waals surface area contributed by atoms with Crippen LogP contribution in [-0.2, 0) is 9.47 Å². The standard InChI is InChI=1S/C9H16O3/c1-7(2)5-8(10)6-9-11-3-4-12-9/h8-10H,1,3-6H2,2H3. The van der Waals surface area contributed by atoms with Gasteiger partial charge >= 0.3 is 0 Å². The highest BCUT2D eigenvalue weighted by atomic mass is 16.7. The van der Waals surface area contributed by atoms with E-state index in [1.807, 2.05) is 6.92 Å². The summed E-state index contributed by atoms with van der Waals surface area (Å²) in [5, 5.41) is 9.46. The number of aliphatic hydroxyl groups is 1. The number of hydrogen-bond donors (Lipinski definition) is 1. The summed E-state index contributed by atoms with van der Waals surface area (Å²) >= 11 is 0. The van der Waals surface area contributed by atoms with Crippen molar-refractivity contribution < 1.29 is 14.6 Å². The van der Waals surface area contributed by atoms with Gasteiger partial charge in [-0.3, -0.25) is 0 Å². The number of hydrogen-bond acceptors (Lipinski definition) is 3. The van der Waals surface area contributed by atoms with Crippen LogP contribution in [0.25, 0.3) is 0 Å². The van der Waals surface area contributed by atoms with E-state index in [1.165, 1.54) is 0 Å². The molecule has 1 saturated heterocycles. The van der Waals surface area contributed by atoms with E-state index in [2.05, 4.69) is 6.58 Å². The first-order valence-corrected chi connectivity index (χ1v) is 4.24. The van der Waals surface area contributed by atoms with E-state index in [1.54, 1.807) is 0 Å². The van der Waals surface area contributed by atoms with Gasteiger partial charge < -0.3 is 14.6 Å². The molecule has 1 aliphatic heterocycles. The molecule has 0 bridgehead atoms. The van der Waals surface area contributed by atoms with Crippen molar-refractivity contribution in [2.45, 2.75) is 32.2 Å². The van der Waals surface area contributed by atoms with Crippen LogP contribution >= 0.6 is 0 Å². The average Bonchev–Trinajstić information content (AvgIpc) is 2.37. The summed E-state index contributed by atoms with van der Waals surface area (Å²) in [4.78, 5) is 0. The van der Waals surface area contributed by atoms with E-state index in [-0.39, 0.29) is 12.4 Å². The van der Waals surface area contributed by atoms with E-state index >= 15 is 0 Å². The van der Waals surface area contributed by atoms with E-state index in [4.69, 9.17) is 9.47 Å². The highest BCUT2D eigenvalue weighted by molar-refractivity contribution is 4.90. The first kappa shape index (κ1) is 9.71. The second-order valence-electron chi connectivity index (χ2n) is 3.22. The molecule has 0 aromatic heterocycles. The molecule has 70 valence electrons. The molecular weight excluding hydrogens is 156 g/mol. The molecule has 1 atom stereocenters. The van der Waals surface area contributed by atoms with Gasteiger partial charge in [0.1, 0.15) is 0 Å². The third-order valence-electron chi connectivity index (χ3n) is 1.74. The molecular formula is C9H16O3. The van der Waals surface area contributed by atoms with Gasteiger partial charge in [0.15, 0.2) is 6.29 Å². The van der Waals surface area contributed by atoms with Crippen molar-refractivity contribution >= 4 is 0 Å². The monoisotopic (exact) mass is 172 g/mol. The lowest BCUT2D eigenvalue weighted by Gasteiger charge is -2.14. The minimum absolute atomic E-state index is 0.209. The molecule has 0 radical (unpaired) electrons. The Morgan fingerprint density at radius 3 is 2.67 bits per heavy atom. The van der Waals surface area contributed by atoms with Crippen molar-refractivity contribution in [3.8, 4) is 0 Å². The fraction of sp³-hybridized carbons (Fsp3) is 0.778. The molecule has 1 unspecified atom stereocenters. The first-order valence-electron chi connectivity index (χ1n) is 4.24. The Morgan fingerprint density at radius 2 is 2.17 bits per heavy atom. The summed E-state index contributed by atoms with van der Waals surface area (Å²) in [6.45, 7) is 6.92. The number of ether oxygens (including phenoxy) is 2. The number of rotatable bonds is 4. The smallest absolute Gasteiger partial charge is 0.160 e. The third-order valence-corrected chi connectivity index (χ3v) is 1.74. The molecule has 1 heterocycles. The molecule has 0 aliphatic carbocycles. The van der Waals surface area contributed by atoms with Crippen LogP contribution in [-0.4, -0.2) is 30.7 Å². The van der Waals surface area contributed by atoms with Crippen molar-refractivity contribution in [2.24, 2.45) is 0 Å². The van der Waals surface area contributed by atoms with E-state index in [0.29, 0.717) is 26.1 Å². The normalized spacial score (nSPS) is 21.2. The third kappa shape index (κ3) is 3.34. The Morgan fingerprint density at radius 1 is 1.58 bits per heavy atom. The lowest BCUT2D eigenvalue weighted by Crippen LogP contribution is -2.18. The zero-order valence-electron chi connectivity index (χ0n) is 7.45. The molecule has 0 aromatic carbocycles. The van der Waals surface area contributed by atoms with Crippen molar-refractivity contribution in [1.29, 1.82) is 0 Å². The highest BCUT2D eigenvalue weighted by Crippen LogP contribution is 2.14. The second-order valence-corrected chi connectivity index (χ2v) is 3.22. The SMILES string of the molecule is C=C(C)CC(O)CC1OCCO1. The molecule has 0 amide bonds. The summed E-state index contributed by atoms with van der Waals surface area (Å²) in [6.07, 6.45) is 0.584. The Labute approximate surface area is 73.0 Å². The Hall–Kier alpha value is -0.380. The molecule has 0 saturated carbocycles. The van der Waals surface area contributed by atoms with Gasteiger partial charge in [-0.25, -0.2) is 0 Å². The van der Waals surface area contributed by atoms with Crippen molar-refractivity contribution in [1.82, 2.24) is 0 Å². The van der Waals surface area contributed by atoms with Crippen LogP contribution in [0.4, 0.5) is 0 Å². The van der Waals surface area contributed by atoms with Gasteiger partial charge in [-0.15, -0.1) is 6.58 Å². The van der Waals surface area contributed by atoms with Gasteiger partial charge in [0.25, 0.3) is 0 Å². The minimum Gasteiger partial charge on any atom is -0.393 e. The maximum Gasteiger partial charge on any atom is 0.160 e. The largest absolute Gasteiger partial charge is 0.393 e. The van der Waals surface area contributed by atoms with Crippen LogP contribution in [0, 0.1) is 0 Å². The lowest BCUT2D eigenvalue weighted by atomic mass is 10.1. The van der Waals surface area contributed by atoms with Crippen LogP contribution in [0.5, 0.6) is 0 Å². The Kier molecular flexibility index (Phi) is 3.72. The van der Waals surface area contributed by atoms with Crippen molar-refractivity contribution in [3.63, 3.8) is 0 Å². The van der Waals surface area contributed by atoms with Gasteiger partial charge in [-0.05, 0) is 13.3 Å². The van der Waals surface area contributed by atoms with Gasteiger partial charge in [0.2, 0.25) is 0 Å². The zero-order valence-corrected chi connectivity index (χ0v) is 7.45. The maximum atomic E-state index is 9.46. The van der Waals surface area contributed by atoms with Crippen molar-refractivity contribution in [2.75, 3.05) is 13.2 Å². The highest BCUT2D eigenvalue weighted by Gasteiger charge is 2.19. The quantitative estimate of drug-likeness (QED) is 0.645. The molecule has 0 spiro atoms. The summed E-state index contributed by atoms with van der Waals surface area (Å²) in [5.74, 6) is 0. The summed E-state index contributed by atoms with van der Waals surface area (Å²) in [7, 11) is 0. The number of aliphatic hydroxyl groups excluding tert-OH is 1. The summed E-state index contributed by atoms with van der Waals surface area (Å²) < 4.78 is 10.4. The van der Waals surface area contributed by atoms with Gasteiger partial charge in [0.05, 0.1) is 19.3 Å².